The van der Waals surface area contributed by atoms with Gasteiger partial charge in [-0.2, -0.15) is 0 Å². The van der Waals surface area contributed by atoms with Crippen LogP contribution in [0.3, 0.4) is 0 Å². The summed E-state index contributed by atoms with van der Waals surface area (Å²) in [5.74, 6) is 0.954. The fourth-order valence-corrected chi connectivity index (χ4v) is 2.66. The lowest BCUT2D eigenvalue weighted by Gasteiger charge is -2.30. The molecule has 1 aromatic carbocycles. The van der Waals surface area contributed by atoms with E-state index in [1.165, 1.54) is 16.7 Å². The minimum absolute atomic E-state index is 0.154. The smallest absolute Gasteiger partial charge is 0.122 e. The Bertz CT molecular complexity index is 417. The summed E-state index contributed by atoms with van der Waals surface area (Å²) in [4.78, 5) is 2.34. The molecule has 0 radical (unpaired) electrons. The molecule has 1 N–H and O–H groups in total. The fourth-order valence-electron chi connectivity index (χ4n) is 2.66. The number of methoxy groups -OCH3 is 1. The monoisotopic (exact) mass is 249 g/mol. The molecular weight excluding hydrogens is 226 g/mol. The van der Waals surface area contributed by atoms with Crippen molar-refractivity contribution >= 4 is 0 Å². The van der Waals surface area contributed by atoms with Gasteiger partial charge in [0.2, 0.25) is 0 Å². The molecule has 0 amide bonds. The Morgan fingerprint density at radius 3 is 2.78 bits per heavy atom. The average Bonchev–Trinajstić information content (AvgIpc) is 2.35. The second-order valence-electron chi connectivity index (χ2n) is 5.21. The van der Waals surface area contributed by atoms with Gasteiger partial charge in [0.05, 0.1) is 13.2 Å². The number of benzene rings is 1. The van der Waals surface area contributed by atoms with E-state index in [4.69, 9.17) is 4.74 Å². The Balaban J connectivity index is 2.12. The second-order valence-corrected chi connectivity index (χ2v) is 5.21. The van der Waals surface area contributed by atoms with Gasteiger partial charge in [-0.05, 0) is 56.0 Å². The lowest BCUT2D eigenvalue weighted by molar-refractivity contribution is 0.0667. The van der Waals surface area contributed by atoms with Gasteiger partial charge in [-0.25, -0.2) is 0 Å². The van der Waals surface area contributed by atoms with E-state index in [9.17, 15) is 5.11 Å². The Hall–Kier alpha value is -1.06. The third-order valence-electron chi connectivity index (χ3n) is 3.94. The van der Waals surface area contributed by atoms with Crippen LogP contribution in [0.5, 0.6) is 5.75 Å². The van der Waals surface area contributed by atoms with Crippen LogP contribution in [0, 0.1) is 13.8 Å². The maximum absolute atomic E-state index is 9.70. The summed E-state index contributed by atoms with van der Waals surface area (Å²) in [6.07, 6.45) is 1.88. The maximum atomic E-state index is 9.70. The van der Waals surface area contributed by atoms with E-state index < -0.39 is 0 Å². The summed E-state index contributed by atoms with van der Waals surface area (Å²) in [6.45, 7) is 7.05. The van der Waals surface area contributed by atoms with Crippen LogP contribution in [-0.4, -0.2) is 36.3 Å². The Morgan fingerprint density at radius 1 is 1.33 bits per heavy atom. The number of ether oxygens (including phenoxy) is 1. The molecule has 1 fully saturated rings. The van der Waals surface area contributed by atoms with Crippen LogP contribution < -0.4 is 4.74 Å². The summed E-state index contributed by atoms with van der Waals surface area (Å²) >= 11 is 0. The first-order chi connectivity index (χ1) is 8.61. The molecule has 0 aliphatic carbocycles. The van der Waals surface area contributed by atoms with Crippen molar-refractivity contribution in [1.29, 1.82) is 0 Å². The van der Waals surface area contributed by atoms with E-state index in [1.54, 1.807) is 7.11 Å². The van der Waals surface area contributed by atoms with Crippen molar-refractivity contribution in [3.63, 3.8) is 0 Å². The van der Waals surface area contributed by atoms with Gasteiger partial charge in [0.25, 0.3) is 0 Å². The first kappa shape index (κ1) is 13.4. The van der Waals surface area contributed by atoms with Gasteiger partial charge in [0, 0.05) is 13.1 Å². The minimum atomic E-state index is -0.154. The molecule has 0 saturated carbocycles. The molecule has 1 saturated heterocycles. The van der Waals surface area contributed by atoms with Crippen molar-refractivity contribution in [3.8, 4) is 5.75 Å². The molecule has 1 aromatic rings. The molecule has 0 spiro atoms. The third-order valence-corrected chi connectivity index (χ3v) is 3.94. The van der Waals surface area contributed by atoms with Crippen LogP contribution in [0.1, 0.15) is 29.5 Å². The molecule has 1 unspecified atom stereocenters. The van der Waals surface area contributed by atoms with E-state index >= 15 is 0 Å². The van der Waals surface area contributed by atoms with Crippen molar-refractivity contribution < 1.29 is 9.84 Å². The Labute approximate surface area is 109 Å². The summed E-state index contributed by atoms with van der Waals surface area (Å²) in [6, 6.07) is 4.18. The highest BCUT2D eigenvalue weighted by molar-refractivity contribution is 5.43. The number of likely N-dealkylation sites (tertiary alicyclic amines) is 1. The maximum Gasteiger partial charge on any atom is 0.122 e. The second kappa shape index (κ2) is 5.72. The molecule has 3 heteroatoms. The number of nitrogens with zero attached hydrogens (tertiary/aromatic N) is 1. The zero-order chi connectivity index (χ0) is 13.1. The highest BCUT2D eigenvalue weighted by Gasteiger charge is 2.18. The summed E-state index contributed by atoms with van der Waals surface area (Å²) in [5, 5.41) is 9.70. The van der Waals surface area contributed by atoms with Crippen LogP contribution in [0.25, 0.3) is 0 Å². The van der Waals surface area contributed by atoms with Crippen molar-refractivity contribution in [1.82, 2.24) is 4.90 Å². The van der Waals surface area contributed by atoms with Crippen LogP contribution in [0.15, 0.2) is 12.1 Å². The SMILES string of the molecule is COc1ccc(CN2CCCC(O)C2)c(C)c1C. The van der Waals surface area contributed by atoms with E-state index in [0.717, 1.165) is 38.2 Å². The normalized spacial score (nSPS) is 21.0. The molecule has 1 heterocycles. The molecule has 0 bridgehead atoms. The highest BCUT2D eigenvalue weighted by atomic mass is 16.5. The van der Waals surface area contributed by atoms with E-state index in [0.29, 0.717) is 0 Å². The topological polar surface area (TPSA) is 32.7 Å². The van der Waals surface area contributed by atoms with E-state index in [1.807, 2.05) is 6.07 Å². The molecule has 100 valence electrons. The van der Waals surface area contributed by atoms with Crippen molar-refractivity contribution in [2.75, 3.05) is 20.2 Å². The van der Waals surface area contributed by atoms with E-state index in [2.05, 4.69) is 24.8 Å². The van der Waals surface area contributed by atoms with Crippen molar-refractivity contribution in [2.45, 2.75) is 39.3 Å². The third kappa shape index (κ3) is 2.85. The zero-order valence-electron chi connectivity index (χ0n) is 11.6. The van der Waals surface area contributed by atoms with Gasteiger partial charge in [0.1, 0.15) is 5.75 Å². The van der Waals surface area contributed by atoms with Crippen LogP contribution in [0.2, 0.25) is 0 Å². The van der Waals surface area contributed by atoms with Gasteiger partial charge >= 0.3 is 0 Å². The van der Waals surface area contributed by atoms with Crippen molar-refractivity contribution in [3.05, 3.63) is 28.8 Å². The summed E-state index contributed by atoms with van der Waals surface area (Å²) in [7, 11) is 1.71. The Morgan fingerprint density at radius 2 is 2.11 bits per heavy atom. The first-order valence-electron chi connectivity index (χ1n) is 6.65. The quantitative estimate of drug-likeness (QED) is 0.892. The van der Waals surface area contributed by atoms with Crippen LogP contribution in [0.4, 0.5) is 0 Å². The van der Waals surface area contributed by atoms with Crippen LogP contribution >= 0.6 is 0 Å². The fraction of sp³-hybridized carbons (Fsp3) is 0.600. The first-order valence-corrected chi connectivity index (χ1v) is 6.65. The number of β-amino-alcohol motifs (C(OH)–C–C–N with tert-alkyl or cyclic N) is 1. The largest absolute Gasteiger partial charge is 0.496 e. The number of hydrogen-bond donors (Lipinski definition) is 1. The molecule has 1 atom stereocenters. The number of piperidine rings is 1. The van der Waals surface area contributed by atoms with Gasteiger partial charge in [-0.15, -0.1) is 0 Å². The van der Waals surface area contributed by atoms with Gasteiger partial charge in [-0.3, -0.25) is 4.90 Å². The predicted octanol–water partition coefficient (Wildman–Crippen LogP) is 2.27. The summed E-state index contributed by atoms with van der Waals surface area (Å²) < 4.78 is 5.33. The molecular formula is C15H23NO2. The van der Waals surface area contributed by atoms with Crippen molar-refractivity contribution in [2.24, 2.45) is 0 Å². The standard InChI is InChI=1S/C15H23NO2/c1-11-12(2)15(18-3)7-6-13(11)9-16-8-4-5-14(17)10-16/h6-7,14,17H,4-5,8-10H2,1-3H3. The molecule has 18 heavy (non-hydrogen) atoms. The Kier molecular flexibility index (Phi) is 4.25. The number of hydrogen-bond acceptors (Lipinski definition) is 3. The zero-order valence-corrected chi connectivity index (χ0v) is 11.6. The predicted molar refractivity (Wildman–Crippen MR) is 73.0 cm³/mol. The molecule has 3 nitrogen and oxygen atoms in total. The molecule has 0 aromatic heterocycles. The molecule has 1 aliphatic rings. The summed E-state index contributed by atoms with van der Waals surface area (Å²) in [5.41, 5.74) is 3.85. The van der Waals surface area contributed by atoms with Gasteiger partial charge in [0.15, 0.2) is 0 Å². The molecule has 2 rings (SSSR count). The lowest BCUT2D eigenvalue weighted by Crippen LogP contribution is -2.37. The molecule has 1 aliphatic heterocycles. The average molecular weight is 249 g/mol. The van der Waals surface area contributed by atoms with E-state index in [-0.39, 0.29) is 6.10 Å². The lowest BCUT2D eigenvalue weighted by atomic mass is 10.0. The van der Waals surface area contributed by atoms with Crippen LogP contribution in [-0.2, 0) is 6.54 Å². The number of rotatable bonds is 3. The minimum Gasteiger partial charge on any atom is -0.496 e. The van der Waals surface area contributed by atoms with Gasteiger partial charge in [-0.1, -0.05) is 6.07 Å². The van der Waals surface area contributed by atoms with Gasteiger partial charge < -0.3 is 9.84 Å². The number of aliphatic hydroxyl groups is 1. The highest BCUT2D eigenvalue weighted by Crippen LogP contribution is 2.25. The number of aliphatic hydroxyl groups excluding tert-OH is 1.